The number of halogens is 3. The smallest absolute Gasteiger partial charge is 0.258 e. The second-order valence-electron chi connectivity index (χ2n) is 5.18. The van der Waals surface area contributed by atoms with Gasteiger partial charge in [-0.05, 0) is 30.7 Å². The normalized spacial score (nSPS) is 12.3. The second kappa shape index (κ2) is 7.12. The first kappa shape index (κ1) is 19.4. The Labute approximate surface area is 146 Å². The molecule has 2 aromatic rings. The van der Waals surface area contributed by atoms with Crippen molar-refractivity contribution in [2.45, 2.75) is 18.0 Å². The van der Waals surface area contributed by atoms with E-state index in [2.05, 4.69) is 5.10 Å². The lowest BCUT2D eigenvalue weighted by Gasteiger charge is -2.06. The van der Waals surface area contributed by atoms with Gasteiger partial charge in [-0.15, -0.1) is 0 Å². The minimum Gasteiger partial charge on any atom is -0.258 e. The molecule has 0 spiro atoms. The number of sulfonamides is 1. The molecule has 0 unspecified atom stereocenters. The van der Waals surface area contributed by atoms with Crippen LogP contribution in [0.2, 0.25) is 0 Å². The molecule has 0 fully saturated rings. The molecule has 0 saturated heterocycles. The maximum atomic E-state index is 12.5. The SMILES string of the molecule is Cc1ccc(S(=O)(=O)N/N=C\c2ccc(C(F)(F)F)cc2)cc1[N+](=O)[O-]. The van der Waals surface area contributed by atoms with Gasteiger partial charge in [0.1, 0.15) is 0 Å². The summed E-state index contributed by atoms with van der Waals surface area (Å²) in [5, 5.41) is 14.3. The number of nitro benzene ring substituents is 1. The highest BCUT2D eigenvalue weighted by molar-refractivity contribution is 7.89. The van der Waals surface area contributed by atoms with Crippen LogP contribution in [0.5, 0.6) is 0 Å². The van der Waals surface area contributed by atoms with Gasteiger partial charge in [-0.25, -0.2) is 4.83 Å². The Hall–Kier alpha value is -2.95. The largest absolute Gasteiger partial charge is 0.416 e. The van der Waals surface area contributed by atoms with Crippen LogP contribution in [0.3, 0.4) is 0 Å². The Bertz CT molecular complexity index is 955. The third-order valence-electron chi connectivity index (χ3n) is 3.31. The standard InChI is InChI=1S/C15H12F3N3O4S/c1-10-2-7-13(8-14(10)21(22)23)26(24,25)20-19-9-11-3-5-12(6-4-11)15(16,17)18/h2-9,20H,1H3/b19-9-. The second-order valence-corrected chi connectivity index (χ2v) is 6.84. The van der Waals surface area contributed by atoms with Crippen molar-refractivity contribution in [2.24, 2.45) is 5.10 Å². The van der Waals surface area contributed by atoms with Gasteiger partial charge in [0.25, 0.3) is 15.7 Å². The van der Waals surface area contributed by atoms with E-state index in [-0.39, 0.29) is 16.1 Å². The molecule has 138 valence electrons. The lowest BCUT2D eigenvalue weighted by Crippen LogP contribution is -2.18. The minimum absolute atomic E-state index is 0.232. The Balaban J connectivity index is 2.16. The number of nitrogens with one attached hydrogen (secondary N) is 1. The van der Waals surface area contributed by atoms with Crippen LogP contribution in [0.4, 0.5) is 18.9 Å². The number of hydrogen-bond donors (Lipinski definition) is 1. The average Bonchev–Trinajstić information content (AvgIpc) is 2.54. The summed E-state index contributed by atoms with van der Waals surface area (Å²) in [6, 6.07) is 7.27. The lowest BCUT2D eigenvalue weighted by molar-refractivity contribution is -0.385. The van der Waals surface area contributed by atoms with Gasteiger partial charge in [0.15, 0.2) is 0 Å². The molecule has 0 amide bonds. The van der Waals surface area contributed by atoms with Crippen LogP contribution in [-0.2, 0) is 16.2 Å². The summed E-state index contributed by atoms with van der Waals surface area (Å²) in [7, 11) is -4.17. The number of hydrogen-bond acceptors (Lipinski definition) is 5. The fraction of sp³-hybridized carbons (Fsp3) is 0.133. The zero-order chi connectivity index (χ0) is 19.5. The molecule has 0 heterocycles. The maximum absolute atomic E-state index is 12.5. The minimum atomic E-state index is -4.47. The Kier molecular flexibility index (Phi) is 5.30. The topological polar surface area (TPSA) is 102 Å². The van der Waals surface area contributed by atoms with Crippen molar-refractivity contribution in [3.8, 4) is 0 Å². The summed E-state index contributed by atoms with van der Waals surface area (Å²) < 4.78 is 61.6. The van der Waals surface area contributed by atoms with Crippen LogP contribution in [0.1, 0.15) is 16.7 Å². The van der Waals surface area contributed by atoms with Gasteiger partial charge in [0.2, 0.25) is 0 Å². The van der Waals surface area contributed by atoms with E-state index in [1.165, 1.54) is 19.1 Å². The number of aryl methyl sites for hydroxylation is 1. The first-order chi connectivity index (χ1) is 12.0. The molecule has 2 aromatic carbocycles. The zero-order valence-electron chi connectivity index (χ0n) is 13.2. The lowest BCUT2D eigenvalue weighted by atomic mass is 10.1. The van der Waals surface area contributed by atoms with Gasteiger partial charge in [0.05, 0.1) is 21.6 Å². The van der Waals surface area contributed by atoms with Crippen LogP contribution < -0.4 is 4.83 Å². The summed E-state index contributed by atoms with van der Waals surface area (Å²) >= 11 is 0. The Morgan fingerprint density at radius 2 is 1.77 bits per heavy atom. The fourth-order valence-electron chi connectivity index (χ4n) is 1.93. The molecule has 11 heteroatoms. The number of rotatable bonds is 5. The molecule has 0 aliphatic heterocycles. The number of nitro groups is 1. The molecular weight excluding hydrogens is 375 g/mol. The molecule has 0 bridgehead atoms. The van der Waals surface area contributed by atoms with Crippen LogP contribution in [0.25, 0.3) is 0 Å². The molecule has 0 atom stereocenters. The van der Waals surface area contributed by atoms with Gasteiger partial charge in [-0.3, -0.25) is 10.1 Å². The van der Waals surface area contributed by atoms with E-state index in [4.69, 9.17) is 0 Å². The van der Waals surface area contributed by atoms with Gasteiger partial charge >= 0.3 is 6.18 Å². The number of nitrogens with zero attached hydrogens (tertiary/aromatic N) is 2. The van der Waals surface area contributed by atoms with Crippen molar-refractivity contribution in [1.29, 1.82) is 0 Å². The molecule has 1 N–H and O–H groups in total. The van der Waals surface area contributed by atoms with Gasteiger partial charge in [-0.2, -0.15) is 26.7 Å². The van der Waals surface area contributed by atoms with Crippen molar-refractivity contribution in [2.75, 3.05) is 0 Å². The van der Waals surface area contributed by atoms with Gasteiger partial charge < -0.3 is 0 Å². The summed E-state index contributed by atoms with van der Waals surface area (Å²) in [6.07, 6.45) is -3.46. The predicted octanol–water partition coefficient (Wildman–Crippen LogP) is 3.23. The molecule has 0 aliphatic rings. The molecule has 0 aromatic heterocycles. The summed E-state index contributed by atoms with van der Waals surface area (Å²) in [6.45, 7) is 1.46. The first-order valence-electron chi connectivity index (χ1n) is 6.98. The monoisotopic (exact) mass is 387 g/mol. The molecule has 0 saturated carbocycles. The number of alkyl halides is 3. The first-order valence-corrected chi connectivity index (χ1v) is 8.46. The number of hydrazone groups is 1. The van der Waals surface area contributed by atoms with Crippen LogP contribution in [-0.4, -0.2) is 19.6 Å². The number of benzene rings is 2. The zero-order valence-corrected chi connectivity index (χ0v) is 14.0. The maximum Gasteiger partial charge on any atom is 0.416 e. The van der Waals surface area contributed by atoms with Crippen molar-refractivity contribution in [3.63, 3.8) is 0 Å². The molecule has 26 heavy (non-hydrogen) atoms. The highest BCUT2D eigenvalue weighted by atomic mass is 32.2. The van der Waals surface area contributed by atoms with E-state index in [9.17, 15) is 31.7 Å². The van der Waals surface area contributed by atoms with Crippen molar-refractivity contribution < 1.29 is 26.5 Å². The molecule has 0 aliphatic carbocycles. The van der Waals surface area contributed by atoms with Crippen LogP contribution >= 0.6 is 0 Å². The van der Waals surface area contributed by atoms with Gasteiger partial charge in [-0.1, -0.05) is 18.2 Å². The van der Waals surface area contributed by atoms with E-state index in [1.54, 1.807) is 0 Å². The Morgan fingerprint density at radius 3 is 2.31 bits per heavy atom. The molecule has 7 nitrogen and oxygen atoms in total. The predicted molar refractivity (Wildman–Crippen MR) is 87.2 cm³/mol. The summed E-state index contributed by atoms with van der Waals surface area (Å²) in [4.78, 5) is 11.7. The molecule has 2 rings (SSSR count). The third-order valence-corrected chi connectivity index (χ3v) is 4.53. The van der Waals surface area contributed by atoms with Crippen molar-refractivity contribution in [1.82, 2.24) is 4.83 Å². The fourth-order valence-corrected chi connectivity index (χ4v) is 2.75. The van der Waals surface area contributed by atoms with E-state index < -0.39 is 26.7 Å². The Morgan fingerprint density at radius 1 is 1.15 bits per heavy atom. The molecular formula is C15H12F3N3O4S. The average molecular weight is 387 g/mol. The summed E-state index contributed by atoms with van der Waals surface area (Å²) in [5.41, 5.74) is -0.681. The van der Waals surface area contributed by atoms with E-state index >= 15 is 0 Å². The van der Waals surface area contributed by atoms with Crippen molar-refractivity contribution >= 4 is 21.9 Å². The summed E-state index contributed by atoms with van der Waals surface area (Å²) in [5.74, 6) is 0. The van der Waals surface area contributed by atoms with E-state index in [0.29, 0.717) is 5.56 Å². The highest BCUT2D eigenvalue weighted by Crippen LogP contribution is 2.28. The van der Waals surface area contributed by atoms with Crippen LogP contribution in [0.15, 0.2) is 52.5 Å². The third kappa shape index (κ3) is 4.57. The molecule has 0 radical (unpaired) electrons. The van der Waals surface area contributed by atoms with Crippen molar-refractivity contribution in [3.05, 3.63) is 69.3 Å². The van der Waals surface area contributed by atoms with E-state index in [1.807, 2.05) is 4.83 Å². The van der Waals surface area contributed by atoms with E-state index in [0.717, 1.165) is 36.5 Å². The van der Waals surface area contributed by atoms with Gasteiger partial charge in [0, 0.05) is 11.6 Å². The quantitative estimate of drug-likeness (QED) is 0.483. The van der Waals surface area contributed by atoms with Crippen LogP contribution in [0, 0.1) is 17.0 Å². The highest BCUT2D eigenvalue weighted by Gasteiger charge is 2.29.